The lowest BCUT2D eigenvalue weighted by Gasteiger charge is -2.37. The molecule has 1 aliphatic rings. The number of amides is 1. The summed E-state index contributed by atoms with van der Waals surface area (Å²) in [5, 5.41) is 15.9. The molecule has 1 fully saturated rings. The van der Waals surface area contributed by atoms with Crippen molar-refractivity contribution in [1.82, 2.24) is 15.3 Å². The van der Waals surface area contributed by atoms with E-state index in [1.54, 1.807) is 21.0 Å². The number of aromatic nitrogens is 2. The Morgan fingerprint density at radius 3 is 2.78 bits per heavy atom. The zero-order valence-corrected chi connectivity index (χ0v) is 20.0. The molecule has 0 spiro atoms. The van der Waals surface area contributed by atoms with Crippen LogP contribution in [0, 0.1) is 6.92 Å². The number of aryl methyl sites for hydroxylation is 1. The molecule has 32 heavy (non-hydrogen) atoms. The molecule has 0 bridgehead atoms. The Kier molecular flexibility index (Phi) is 7.99. The first kappa shape index (κ1) is 24.3. The highest BCUT2D eigenvalue weighted by Crippen LogP contribution is 2.31. The van der Waals surface area contributed by atoms with E-state index in [9.17, 15) is 9.59 Å². The van der Waals surface area contributed by atoms with Crippen molar-refractivity contribution in [2.24, 2.45) is 5.16 Å². The van der Waals surface area contributed by atoms with E-state index in [0.29, 0.717) is 35.4 Å². The molecule has 0 saturated carbocycles. The second-order valence-electron chi connectivity index (χ2n) is 7.02. The van der Waals surface area contributed by atoms with E-state index in [4.69, 9.17) is 37.9 Å². The van der Waals surface area contributed by atoms with E-state index in [1.165, 1.54) is 0 Å². The summed E-state index contributed by atoms with van der Waals surface area (Å²) in [6, 6.07) is -0.273. The smallest absolute Gasteiger partial charge is 0.350 e. The second-order valence-corrected chi connectivity index (χ2v) is 8.75. The van der Waals surface area contributed by atoms with Gasteiger partial charge in [-0.15, -0.1) is 0 Å². The van der Waals surface area contributed by atoms with Gasteiger partial charge in [0.2, 0.25) is 0 Å². The lowest BCUT2D eigenvalue weighted by Crippen LogP contribution is -2.55. The van der Waals surface area contributed by atoms with Gasteiger partial charge in [-0.2, -0.15) is 0 Å². The van der Waals surface area contributed by atoms with Gasteiger partial charge >= 0.3 is 5.97 Å². The number of oxime groups is 1. The highest BCUT2D eigenvalue weighted by Gasteiger charge is 2.33. The molecular weight excluding hydrogens is 481 g/mol. The lowest BCUT2D eigenvalue weighted by atomic mass is 10.0. The van der Waals surface area contributed by atoms with Crippen LogP contribution in [0.4, 0.5) is 5.13 Å². The molecule has 3 heterocycles. The van der Waals surface area contributed by atoms with Crippen LogP contribution in [0.15, 0.2) is 5.16 Å². The number of ether oxygens (including phenoxy) is 2. The van der Waals surface area contributed by atoms with Crippen LogP contribution in [-0.2, 0) is 9.47 Å². The minimum atomic E-state index is -0.534. The Labute approximate surface area is 198 Å². The van der Waals surface area contributed by atoms with Gasteiger partial charge < -0.3 is 29.9 Å². The fourth-order valence-electron chi connectivity index (χ4n) is 3.40. The average molecular weight is 504 g/mol. The fourth-order valence-corrected chi connectivity index (χ4v) is 4.79. The molecule has 174 valence electrons. The zero-order chi connectivity index (χ0) is 23.4. The molecule has 0 unspecified atom stereocenters. The third-order valence-electron chi connectivity index (χ3n) is 5.01. The predicted molar refractivity (Wildman–Crippen MR) is 122 cm³/mol. The van der Waals surface area contributed by atoms with Gasteiger partial charge in [0.05, 0.1) is 35.0 Å². The van der Waals surface area contributed by atoms with Crippen molar-refractivity contribution in [1.29, 1.82) is 0 Å². The number of thiazole rings is 1. The number of esters is 1. The maximum atomic E-state index is 12.7. The number of methoxy groups -OCH3 is 1. The first-order valence-corrected chi connectivity index (χ1v) is 11.3. The second kappa shape index (κ2) is 10.5. The number of nitrogens with zero attached hydrogens (tertiary/aromatic N) is 3. The Bertz CT molecular complexity index is 1020. The molecule has 2 aromatic rings. The quantitative estimate of drug-likeness (QED) is 0.229. The zero-order valence-electron chi connectivity index (χ0n) is 17.6. The fraction of sp³-hybridized carbons (Fsp3) is 0.474. The van der Waals surface area contributed by atoms with Gasteiger partial charge in [-0.1, -0.05) is 39.7 Å². The number of piperidine rings is 1. The molecule has 10 nitrogen and oxygen atoms in total. The number of hydrogen-bond donors (Lipinski definition) is 3. The third kappa shape index (κ3) is 5.01. The summed E-state index contributed by atoms with van der Waals surface area (Å²) >= 11 is 13.4. The molecule has 1 aliphatic heterocycles. The van der Waals surface area contributed by atoms with Gasteiger partial charge in [0.1, 0.15) is 16.3 Å². The third-order valence-corrected chi connectivity index (χ3v) is 7.07. The van der Waals surface area contributed by atoms with Crippen molar-refractivity contribution < 1.29 is 24.3 Å². The topological polar surface area (TPSA) is 129 Å². The van der Waals surface area contributed by atoms with Crippen molar-refractivity contribution in [3.8, 4) is 0 Å². The number of rotatable bonds is 7. The van der Waals surface area contributed by atoms with Gasteiger partial charge in [-0.25, -0.2) is 9.78 Å². The molecule has 3 N–H and O–H groups in total. The Hall–Kier alpha value is -2.34. The summed E-state index contributed by atoms with van der Waals surface area (Å²) in [7, 11) is 1.56. The highest BCUT2D eigenvalue weighted by atomic mass is 35.5. The van der Waals surface area contributed by atoms with E-state index in [2.05, 4.69) is 20.4 Å². The molecule has 1 saturated heterocycles. The normalized spacial score (nSPS) is 18.8. The van der Waals surface area contributed by atoms with Crippen molar-refractivity contribution in [2.45, 2.75) is 32.4 Å². The van der Waals surface area contributed by atoms with Gasteiger partial charge in [0.25, 0.3) is 5.91 Å². The van der Waals surface area contributed by atoms with Crippen LogP contribution in [0.1, 0.15) is 44.9 Å². The minimum absolute atomic E-state index is 0.181. The molecule has 2 atom stereocenters. The molecule has 0 aliphatic carbocycles. The Morgan fingerprint density at radius 1 is 1.44 bits per heavy atom. The van der Waals surface area contributed by atoms with Crippen LogP contribution in [0.25, 0.3) is 0 Å². The predicted octanol–water partition coefficient (Wildman–Crippen LogP) is 3.09. The van der Waals surface area contributed by atoms with E-state index < -0.39 is 5.97 Å². The van der Waals surface area contributed by atoms with Gasteiger partial charge in [0, 0.05) is 25.9 Å². The summed E-state index contributed by atoms with van der Waals surface area (Å²) in [4.78, 5) is 34.4. The highest BCUT2D eigenvalue weighted by molar-refractivity contribution is 7.17. The average Bonchev–Trinajstić information content (AvgIpc) is 3.31. The number of carbonyl (C=O) groups excluding carboxylic acids is 2. The SMILES string of the molecule is CCOC(=O)c1sc(N2CC[C@H](NC(=O)c3[nH]c(C)c(Cl)c3Cl)[C@H](OC)C2)nc1/C=N/O. The molecule has 1 amide bonds. The summed E-state index contributed by atoms with van der Waals surface area (Å²) in [6.45, 7) is 4.63. The van der Waals surface area contributed by atoms with Crippen LogP contribution < -0.4 is 10.2 Å². The number of halogens is 2. The molecule has 0 radical (unpaired) electrons. The van der Waals surface area contributed by atoms with Crippen molar-refractivity contribution in [3.63, 3.8) is 0 Å². The monoisotopic (exact) mass is 503 g/mol. The molecule has 13 heteroatoms. The number of carbonyl (C=O) groups is 2. The molecular formula is C19H23Cl2N5O5S. The Balaban J connectivity index is 1.74. The minimum Gasteiger partial charge on any atom is -0.462 e. The maximum absolute atomic E-state index is 12.7. The first-order chi connectivity index (χ1) is 15.3. The van der Waals surface area contributed by atoms with Crippen molar-refractivity contribution in [3.05, 3.63) is 32.0 Å². The van der Waals surface area contributed by atoms with Crippen LogP contribution in [0.3, 0.4) is 0 Å². The Morgan fingerprint density at radius 2 is 2.19 bits per heavy atom. The summed E-state index contributed by atoms with van der Waals surface area (Å²) in [5.41, 5.74) is 1.05. The first-order valence-electron chi connectivity index (χ1n) is 9.78. The number of aromatic amines is 1. The van der Waals surface area contributed by atoms with Gasteiger partial charge in [-0.3, -0.25) is 4.79 Å². The number of hydrogen-bond acceptors (Lipinski definition) is 9. The number of anilines is 1. The van der Waals surface area contributed by atoms with Crippen LogP contribution in [0.5, 0.6) is 0 Å². The summed E-state index contributed by atoms with van der Waals surface area (Å²) < 4.78 is 10.7. The standard InChI is InChI=1S/C19H23Cl2N5O5S/c1-4-31-18(28)16-11(7-22-29)25-19(32-16)26-6-5-10(12(8-26)30-3)24-17(27)15-14(21)13(20)9(2)23-15/h7,10,12,23,29H,4-6,8H2,1-3H3,(H,24,27)/b22-7+/t10-,12+/m0/s1. The van der Waals surface area contributed by atoms with Gasteiger partial charge in [0.15, 0.2) is 5.13 Å². The summed E-state index contributed by atoms with van der Waals surface area (Å²) in [6.07, 6.45) is 1.32. The molecule has 0 aromatic carbocycles. The van der Waals surface area contributed by atoms with E-state index in [-0.39, 0.29) is 45.9 Å². The van der Waals surface area contributed by atoms with Crippen molar-refractivity contribution in [2.75, 3.05) is 31.7 Å². The molecule has 3 rings (SSSR count). The van der Waals surface area contributed by atoms with Crippen LogP contribution in [-0.4, -0.2) is 72.2 Å². The number of H-pyrrole nitrogens is 1. The lowest BCUT2D eigenvalue weighted by molar-refractivity contribution is 0.0530. The summed E-state index contributed by atoms with van der Waals surface area (Å²) in [5.74, 6) is -0.904. The largest absolute Gasteiger partial charge is 0.462 e. The number of nitrogens with one attached hydrogen (secondary N) is 2. The maximum Gasteiger partial charge on any atom is 0.350 e. The van der Waals surface area contributed by atoms with Crippen molar-refractivity contribution >= 4 is 57.8 Å². The van der Waals surface area contributed by atoms with E-state index in [0.717, 1.165) is 17.6 Å². The van der Waals surface area contributed by atoms with Gasteiger partial charge in [-0.05, 0) is 20.3 Å². The van der Waals surface area contributed by atoms with E-state index >= 15 is 0 Å². The molecule has 2 aromatic heterocycles. The van der Waals surface area contributed by atoms with Crippen LogP contribution in [0.2, 0.25) is 10.0 Å². The van der Waals surface area contributed by atoms with Crippen LogP contribution >= 0.6 is 34.5 Å². The van der Waals surface area contributed by atoms with E-state index in [1.807, 2.05) is 4.90 Å².